The fourth-order valence-corrected chi connectivity index (χ4v) is 2.88. The molecular formula is C15H22N2S. The molecule has 0 aliphatic heterocycles. The van der Waals surface area contributed by atoms with Gasteiger partial charge in [-0.25, -0.2) is 0 Å². The molecule has 2 nitrogen and oxygen atoms in total. The number of benzene rings is 1. The monoisotopic (exact) mass is 262 g/mol. The SMILES string of the molecule is Cc1[nH]c2ccccc2c1C(C)(C)CNCCS. The van der Waals surface area contributed by atoms with Gasteiger partial charge in [-0.2, -0.15) is 12.6 Å². The lowest BCUT2D eigenvalue weighted by Gasteiger charge is -2.26. The molecule has 1 aromatic heterocycles. The molecular weight excluding hydrogens is 240 g/mol. The van der Waals surface area contributed by atoms with Crippen LogP contribution in [0.25, 0.3) is 10.9 Å². The van der Waals surface area contributed by atoms with E-state index in [1.165, 1.54) is 22.2 Å². The van der Waals surface area contributed by atoms with Crippen molar-refractivity contribution in [2.75, 3.05) is 18.8 Å². The topological polar surface area (TPSA) is 27.8 Å². The van der Waals surface area contributed by atoms with Crippen LogP contribution in [0.4, 0.5) is 0 Å². The van der Waals surface area contributed by atoms with Gasteiger partial charge in [0.25, 0.3) is 0 Å². The van der Waals surface area contributed by atoms with Crippen LogP contribution in [0.2, 0.25) is 0 Å². The summed E-state index contributed by atoms with van der Waals surface area (Å²) >= 11 is 4.24. The predicted molar refractivity (Wildman–Crippen MR) is 82.8 cm³/mol. The van der Waals surface area contributed by atoms with Crippen LogP contribution in [0.5, 0.6) is 0 Å². The number of nitrogens with one attached hydrogen (secondary N) is 2. The Bertz CT molecular complexity index is 528. The third-order valence-corrected chi connectivity index (χ3v) is 3.65. The third-order valence-electron chi connectivity index (χ3n) is 3.43. The summed E-state index contributed by atoms with van der Waals surface area (Å²) in [5.41, 5.74) is 4.04. The Balaban J connectivity index is 2.36. The summed E-state index contributed by atoms with van der Waals surface area (Å²) in [6, 6.07) is 8.53. The number of aromatic nitrogens is 1. The van der Waals surface area contributed by atoms with Gasteiger partial charge in [0.15, 0.2) is 0 Å². The van der Waals surface area contributed by atoms with Gasteiger partial charge in [-0.1, -0.05) is 32.0 Å². The van der Waals surface area contributed by atoms with E-state index in [4.69, 9.17) is 0 Å². The minimum Gasteiger partial charge on any atom is -0.358 e. The Kier molecular flexibility index (Phi) is 4.03. The van der Waals surface area contributed by atoms with Crippen LogP contribution in [0, 0.1) is 6.92 Å². The molecule has 0 amide bonds. The van der Waals surface area contributed by atoms with Gasteiger partial charge in [-0.15, -0.1) is 0 Å². The van der Waals surface area contributed by atoms with E-state index in [-0.39, 0.29) is 5.41 Å². The molecule has 18 heavy (non-hydrogen) atoms. The summed E-state index contributed by atoms with van der Waals surface area (Å²) in [7, 11) is 0. The molecule has 0 saturated heterocycles. The minimum atomic E-state index is 0.118. The van der Waals surface area contributed by atoms with Gasteiger partial charge in [0, 0.05) is 40.9 Å². The van der Waals surface area contributed by atoms with Crippen molar-refractivity contribution in [1.29, 1.82) is 0 Å². The highest BCUT2D eigenvalue weighted by Crippen LogP contribution is 2.32. The number of thiol groups is 1. The molecule has 1 aromatic carbocycles. The summed E-state index contributed by atoms with van der Waals surface area (Å²) < 4.78 is 0. The number of hydrogen-bond acceptors (Lipinski definition) is 2. The number of rotatable bonds is 5. The molecule has 0 aliphatic carbocycles. The molecule has 98 valence electrons. The molecule has 0 saturated carbocycles. The van der Waals surface area contributed by atoms with Crippen molar-refractivity contribution >= 4 is 23.5 Å². The first-order valence-electron chi connectivity index (χ1n) is 6.45. The number of H-pyrrole nitrogens is 1. The minimum absolute atomic E-state index is 0.118. The number of hydrogen-bond donors (Lipinski definition) is 3. The van der Waals surface area contributed by atoms with Crippen molar-refractivity contribution in [3.63, 3.8) is 0 Å². The average Bonchev–Trinajstić information content (AvgIpc) is 2.65. The Hall–Kier alpha value is -0.930. The number of para-hydroxylation sites is 1. The molecule has 1 heterocycles. The van der Waals surface area contributed by atoms with Crippen LogP contribution in [-0.2, 0) is 5.41 Å². The molecule has 2 rings (SSSR count). The Morgan fingerprint density at radius 3 is 2.72 bits per heavy atom. The maximum atomic E-state index is 4.24. The van der Waals surface area contributed by atoms with Crippen LogP contribution in [0.15, 0.2) is 24.3 Å². The van der Waals surface area contributed by atoms with Crippen molar-refractivity contribution in [2.24, 2.45) is 0 Å². The summed E-state index contributed by atoms with van der Waals surface area (Å²) in [6.45, 7) is 8.67. The van der Waals surface area contributed by atoms with Gasteiger partial charge in [-0.05, 0) is 18.6 Å². The molecule has 0 atom stereocenters. The fourth-order valence-electron chi connectivity index (χ4n) is 2.72. The van der Waals surface area contributed by atoms with Gasteiger partial charge in [0.1, 0.15) is 0 Å². The largest absolute Gasteiger partial charge is 0.358 e. The fraction of sp³-hybridized carbons (Fsp3) is 0.467. The normalized spacial score (nSPS) is 12.2. The maximum Gasteiger partial charge on any atom is 0.0459 e. The molecule has 2 aromatic rings. The number of aryl methyl sites for hydroxylation is 1. The lowest BCUT2D eigenvalue weighted by atomic mass is 9.82. The van der Waals surface area contributed by atoms with Crippen LogP contribution < -0.4 is 5.32 Å². The van der Waals surface area contributed by atoms with Crippen molar-refractivity contribution < 1.29 is 0 Å². The van der Waals surface area contributed by atoms with Crippen molar-refractivity contribution in [2.45, 2.75) is 26.2 Å². The third kappa shape index (κ3) is 2.57. The predicted octanol–water partition coefficient (Wildman–Crippen LogP) is 3.27. The van der Waals surface area contributed by atoms with E-state index in [2.05, 4.69) is 68.0 Å². The van der Waals surface area contributed by atoms with E-state index in [0.29, 0.717) is 0 Å². The highest BCUT2D eigenvalue weighted by Gasteiger charge is 2.25. The Morgan fingerprint density at radius 1 is 1.28 bits per heavy atom. The van der Waals surface area contributed by atoms with Gasteiger partial charge in [0.2, 0.25) is 0 Å². The summed E-state index contributed by atoms with van der Waals surface area (Å²) in [6.07, 6.45) is 0. The zero-order chi connectivity index (χ0) is 13.2. The number of fused-ring (bicyclic) bond motifs is 1. The summed E-state index contributed by atoms with van der Waals surface area (Å²) in [5.74, 6) is 0.878. The standard InChI is InChI=1S/C15H22N2S/c1-11-14(15(2,3)10-16-8-9-18)12-6-4-5-7-13(12)17-11/h4-7,16-18H,8-10H2,1-3H3. The average molecular weight is 262 g/mol. The van der Waals surface area contributed by atoms with Crippen molar-refractivity contribution in [3.05, 3.63) is 35.5 Å². The highest BCUT2D eigenvalue weighted by molar-refractivity contribution is 7.80. The summed E-state index contributed by atoms with van der Waals surface area (Å²) in [4.78, 5) is 3.48. The van der Waals surface area contributed by atoms with E-state index < -0.39 is 0 Å². The highest BCUT2D eigenvalue weighted by atomic mass is 32.1. The van der Waals surface area contributed by atoms with Crippen LogP contribution in [-0.4, -0.2) is 23.8 Å². The Morgan fingerprint density at radius 2 is 2.00 bits per heavy atom. The molecule has 0 aliphatic rings. The van der Waals surface area contributed by atoms with Gasteiger partial charge < -0.3 is 10.3 Å². The molecule has 3 heteroatoms. The lowest BCUT2D eigenvalue weighted by Crippen LogP contribution is -2.34. The van der Waals surface area contributed by atoms with Crippen LogP contribution in [0.3, 0.4) is 0 Å². The van der Waals surface area contributed by atoms with Crippen molar-refractivity contribution in [1.82, 2.24) is 10.3 Å². The molecule has 0 unspecified atom stereocenters. The first-order chi connectivity index (χ1) is 8.56. The zero-order valence-electron chi connectivity index (χ0n) is 11.4. The van der Waals surface area contributed by atoms with Crippen LogP contribution >= 0.6 is 12.6 Å². The van der Waals surface area contributed by atoms with Gasteiger partial charge in [0.05, 0.1) is 0 Å². The van der Waals surface area contributed by atoms with E-state index in [1.54, 1.807) is 0 Å². The summed E-state index contributed by atoms with van der Waals surface area (Å²) in [5, 5.41) is 4.81. The quantitative estimate of drug-likeness (QED) is 0.560. The van der Waals surface area contributed by atoms with E-state index in [9.17, 15) is 0 Å². The second kappa shape index (κ2) is 5.37. The lowest BCUT2D eigenvalue weighted by molar-refractivity contribution is 0.480. The molecule has 0 fully saturated rings. The number of aromatic amines is 1. The zero-order valence-corrected chi connectivity index (χ0v) is 12.3. The Labute approximate surface area is 115 Å². The van der Waals surface area contributed by atoms with E-state index >= 15 is 0 Å². The van der Waals surface area contributed by atoms with Crippen LogP contribution in [0.1, 0.15) is 25.1 Å². The first-order valence-corrected chi connectivity index (χ1v) is 7.09. The second-order valence-electron chi connectivity index (χ2n) is 5.45. The van der Waals surface area contributed by atoms with Crippen molar-refractivity contribution in [3.8, 4) is 0 Å². The van der Waals surface area contributed by atoms with Gasteiger partial charge >= 0.3 is 0 Å². The molecule has 2 N–H and O–H groups in total. The smallest absolute Gasteiger partial charge is 0.0459 e. The second-order valence-corrected chi connectivity index (χ2v) is 5.90. The molecule has 0 bridgehead atoms. The van der Waals surface area contributed by atoms with E-state index in [0.717, 1.165) is 18.8 Å². The molecule has 0 spiro atoms. The van der Waals surface area contributed by atoms with E-state index in [1.807, 2.05) is 0 Å². The van der Waals surface area contributed by atoms with Gasteiger partial charge in [-0.3, -0.25) is 0 Å². The maximum absolute atomic E-state index is 4.24. The first kappa shape index (κ1) is 13.5. The molecule has 0 radical (unpaired) electrons.